The van der Waals surface area contributed by atoms with E-state index in [1.54, 1.807) is 0 Å². The molecule has 3 heteroatoms. The van der Waals surface area contributed by atoms with E-state index in [1.165, 1.54) is 0 Å². The normalized spacial score (nSPS) is 39.3. The molecule has 58 valence electrons. The van der Waals surface area contributed by atoms with E-state index in [4.69, 9.17) is 5.73 Å². The second-order valence-corrected chi connectivity index (χ2v) is 3.58. The molecule has 1 atom stereocenters. The predicted octanol–water partition coefficient (Wildman–Crippen LogP) is 1.38. The SMILES string of the molecule is NCC1(C2CC2(F)F)CC1. The van der Waals surface area contributed by atoms with Gasteiger partial charge in [-0.05, 0) is 24.8 Å². The standard InChI is InChI=1S/C7H11F2N/c8-7(9)3-5(7)6(4-10)1-2-6/h5H,1-4,10H2. The molecule has 0 heterocycles. The Morgan fingerprint density at radius 2 is 1.90 bits per heavy atom. The molecule has 1 unspecified atom stereocenters. The first-order valence-corrected chi connectivity index (χ1v) is 3.69. The summed E-state index contributed by atoms with van der Waals surface area (Å²) in [5.41, 5.74) is 5.26. The maximum absolute atomic E-state index is 12.5. The van der Waals surface area contributed by atoms with Crippen LogP contribution in [-0.4, -0.2) is 12.5 Å². The third-order valence-electron chi connectivity index (χ3n) is 2.86. The molecule has 0 aromatic heterocycles. The van der Waals surface area contributed by atoms with Crippen LogP contribution >= 0.6 is 0 Å². The summed E-state index contributed by atoms with van der Waals surface area (Å²) in [6, 6.07) is 0. The Morgan fingerprint density at radius 3 is 2.00 bits per heavy atom. The van der Waals surface area contributed by atoms with Crippen molar-refractivity contribution in [2.45, 2.75) is 25.2 Å². The number of hydrogen-bond acceptors (Lipinski definition) is 1. The van der Waals surface area contributed by atoms with Crippen LogP contribution in [-0.2, 0) is 0 Å². The van der Waals surface area contributed by atoms with E-state index in [0.717, 1.165) is 12.8 Å². The van der Waals surface area contributed by atoms with Gasteiger partial charge in [0.2, 0.25) is 0 Å². The molecule has 2 aliphatic carbocycles. The molecule has 2 fully saturated rings. The molecular weight excluding hydrogens is 136 g/mol. The summed E-state index contributed by atoms with van der Waals surface area (Å²) >= 11 is 0. The van der Waals surface area contributed by atoms with E-state index < -0.39 is 5.92 Å². The minimum absolute atomic E-state index is 0.0875. The van der Waals surface area contributed by atoms with Crippen molar-refractivity contribution in [2.75, 3.05) is 6.54 Å². The van der Waals surface area contributed by atoms with Gasteiger partial charge in [-0.2, -0.15) is 0 Å². The quantitative estimate of drug-likeness (QED) is 0.627. The minimum Gasteiger partial charge on any atom is -0.330 e. The molecule has 0 amide bonds. The van der Waals surface area contributed by atoms with Crippen molar-refractivity contribution < 1.29 is 8.78 Å². The lowest BCUT2D eigenvalue weighted by molar-refractivity contribution is 0.0817. The van der Waals surface area contributed by atoms with Crippen LogP contribution in [0.4, 0.5) is 8.78 Å². The number of nitrogens with two attached hydrogens (primary N) is 1. The maximum Gasteiger partial charge on any atom is 0.252 e. The molecule has 2 aliphatic rings. The van der Waals surface area contributed by atoms with Gasteiger partial charge in [0.25, 0.3) is 5.92 Å². The first-order chi connectivity index (χ1) is 4.61. The lowest BCUT2D eigenvalue weighted by Crippen LogP contribution is -2.20. The molecule has 0 aromatic rings. The fourth-order valence-corrected chi connectivity index (χ4v) is 1.73. The van der Waals surface area contributed by atoms with Gasteiger partial charge in [-0.3, -0.25) is 0 Å². The van der Waals surface area contributed by atoms with Crippen LogP contribution in [0.15, 0.2) is 0 Å². The van der Waals surface area contributed by atoms with E-state index in [-0.39, 0.29) is 17.8 Å². The van der Waals surface area contributed by atoms with Crippen molar-refractivity contribution in [1.82, 2.24) is 0 Å². The van der Waals surface area contributed by atoms with E-state index in [1.807, 2.05) is 0 Å². The molecule has 0 bridgehead atoms. The zero-order chi connectivity index (χ0) is 7.41. The smallest absolute Gasteiger partial charge is 0.252 e. The van der Waals surface area contributed by atoms with E-state index in [9.17, 15) is 8.78 Å². The zero-order valence-electron chi connectivity index (χ0n) is 5.74. The highest BCUT2D eigenvalue weighted by molar-refractivity contribution is 5.13. The van der Waals surface area contributed by atoms with Crippen LogP contribution in [0.2, 0.25) is 0 Å². The van der Waals surface area contributed by atoms with Gasteiger partial charge in [0.1, 0.15) is 0 Å². The summed E-state index contributed by atoms with van der Waals surface area (Å²) in [7, 11) is 0. The molecule has 0 radical (unpaired) electrons. The number of hydrogen-bond donors (Lipinski definition) is 1. The molecule has 1 nitrogen and oxygen atoms in total. The highest BCUT2D eigenvalue weighted by Gasteiger charge is 2.69. The van der Waals surface area contributed by atoms with E-state index in [0.29, 0.717) is 6.54 Å². The van der Waals surface area contributed by atoms with Crippen molar-refractivity contribution in [3.63, 3.8) is 0 Å². The number of rotatable bonds is 2. The number of alkyl halides is 2. The summed E-state index contributed by atoms with van der Waals surface area (Å²) in [5, 5.41) is 0. The molecule has 0 saturated heterocycles. The Balaban J connectivity index is 2.03. The summed E-state index contributed by atoms with van der Waals surface area (Å²) < 4.78 is 24.9. The Hall–Kier alpha value is -0.180. The summed E-state index contributed by atoms with van der Waals surface area (Å²) in [5.74, 6) is -2.74. The zero-order valence-corrected chi connectivity index (χ0v) is 5.74. The third-order valence-corrected chi connectivity index (χ3v) is 2.86. The molecule has 10 heavy (non-hydrogen) atoms. The van der Waals surface area contributed by atoms with Crippen LogP contribution in [0.25, 0.3) is 0 Å². The van der Waals surface area contributed by atoms with Crippen LogP contribution in [0.1, 0.15) is 19.3 Å². The largest absolute Gasteiger partial charge is 0.330 e. The van der Waals surface area contributed by atoms with Crippen LogP contribution in [0.5, 0.6) is 0 Å². The molecule has 2 saturated carbocycles. The fraction of sp³-hybridized carbons (Fsp3) is 1.00. The highest BCUT2D eigenvalue weighted by Crippen LogP contribution is 2.67. The molecule has 0 aromatic carbocycles. The van der Waals surface area contributed by atoms with Crippen molar-refractivity contribution in [1.29, 1.82) is 0 Å². The second-order valence-electron chi connectivity index (χ2n) is 3.58. The number of halogens is 2. The van der Waals surface area contributed by atoms with E-state index >= 15 is 0 Å². The van der Waals surface area contributed by atoms with Gasteiger partial charge in [-0.1, -0.05) is 0 Å². The summed E-state index contributed by atoms with van der Waals surface area (Å²) in [6.45, 7) is 0.452. The van der Waals surface area contributed by atoms with Crippen molar-refractivity contribution >= 4 is 0 Å². The molecule has 2 rings (SSSR count). The minimum atomic E-state index is -2.37. The lowest BCUT2D eigenvalue weighted by atomic mass is 10.0. The topological polar surface area (TPSA) is 26.0 Å². The van der Waals surface area contributed by atoms with Gasteiger partial charge < -0.3 is 5.73 Å². The van der Waals surface area contributed by atoms with E-state index in [2.05, 4.69) is 0 Å². The average Bonchev–Trinajstić information content (AvgIpc) is 2.68. The van der Waals surface area contributed by atoms with Crippen molar-refractivity contribution in [3.05, 3.63) is 0 Å². The predicted molar refractivity (Wildman–Crippen MR) is 33.8 cm³/mol. The first-order valence-electron chi connectivity index (χ1n) is 3.69. The molecule has 0 spiro atoms. The molecule has 0 aliphatic heterocycles. The van der Waals surface area contributed by atoms with Crippen LogP contribution in [0, 0.1) is 11.3 Å². The lowest BCUT2D eigenvalue weighted by Gasteiger charge is -2.09. The Labute approximate surface area is 58.6 Å². The van der Waals surface area contributed by atoms with Crippen molar-refractivity contribution in [2.24, 2.45) is 17.1 Å². The molecule has 2 N–H and O–H groups in total. The highest BCUT2D eigenvalue weighted by atomic mass is 19.3. The van der Waals surface area contributed by atoms with Gasteiger partial charge in [-0.25, -0.2) is 8.78 Å². The van der Waals surface area contributed by atoms with Gasteiger partial charge >= 0.3 is 0 Å². The van der Waals surface area contributed by atoms with Gasteiger partial charge in [-0.15, -0.1) is 0 Å². The fourth-order valence-electron chi connectivity index (χ4n) is 1.73. The van der Waals surface area contributed by atoms with Gasteiger partial charge in [0.05, 0.1) is 0 Å². The Bertz CT molecular complexity index is 163. The summed E-state index contributed by atoms with van der Waals surface area (Å²) in [4.78, 5) is 0. The monoisotopic (exact) mass is 147 g/mol. The maximum atomic E-state index is 12.5. The molecular formula is C7H11F2N. The second kappa shape index (κ2) is 1.52. The average molecular weight is 147 g/mol. The van der Waals surface area contributed by atoms with Gasteiger partial charge in [0, 0.05) is 12.3 Å². The van der Waals surface area contributed by atoms with Crippen LogP contribution < -0.4 is 5.73 Å². The van der Waals surface area contributed by atoms with Crippen molar-refractivity contribution in [3.8, 4) is 0 Å². The van der Waals surface area contributed by atoms with Gasteiger partial charge in [0.15, 0.2) is 0 Å². The third kappa shape index (κ3) is 0.698. The van der Waals surface area contributed by atoms with Crippen LogP contribution in [0.3, 0.4) is 0 Å². The first kappa shape index (κ1) is 6.53. The Kier molecular flexibility index (Phi) is 0.994. The Morgan fingerprint density at radius 1 is 1.40 bits per heavy atom. The summed E-state index contributed by atoms with van der Waals surface area (Å²) in [6.07, 6.45) is 1.93.